The molecule has 0 aliphatic heterocycles. The summed E-state index contributed by atoms with van der Waals surface area (Å²) in [6, 6.07) is 6.36. The van der Waals surface area contributed by atoms with Crippen molar-refractivity contribution in [1.29, 1.82) is 0 Å². The zero-order valence-electron chi connectivity index (χ0n) is 16.3. The maximum Gasteiger partial charge on any atom is 0.417 e. The van der Waals surface area contributed by atoms with Crippen LogP contribution in [0.3, 0.4) is 0 Å². The Balaban J connectivity index is 2.17. The van der Waals surface area contributed by atoms with E-state index < -0.39 is 28.0 Å². The molecular weight excluding hydrogens is 492 g/mol. The van der Waals surface area contributed by atoms with Crippen molar-refractivity contribution >= 4 is 21.6 Å². The lowest BCUT2D eigenvalue weighted by Gasteiger charge is -2.27. The van der Waals surface area contributed by atoms with Crippen molar-refractivity contribution in [3.63, 3.8) is 0 Å². The second-order valence-electron chi connectivity index (χ2n) is 6.83. The molecule has 0 aliphatic carbocycles. The number of benzene rings is 1. The lowest BCUT2D eigenvalue weighted by atomic mass is 10.1. The zero-order valence-corrected chi connectivity index (χ0v) is 17.9. The van der Waals surface area contributed by atoms with Crippen LogP contribution < -0.4 is 4.90 Å². The molecule has 2 aromatic heterocycles. The predicted molar refractivity (Wildman–Crippen MR) is 104 cm³/mol. The molecule has 11 heteroatoms. The maximum atomic E-state index is 13.5. The molecular formula is C20H16BrF6N3O. The summed E-state index contributed by atoms with van der Waals surface area (Å²) in [5.41, 5.74) is -1.55. The highest BCUT2D eigenvalue weighted by Gasteiger charge is 2.41. The van der Waals surface area contributed by atoms with E-state index >= 15 is 0 Å². The van der Waals surface area contributed by atoms with Crippen molar-refractivity contribution in [3.05, 3.63) is 74.8 Å². The quantitative estimate of drug-likeness (QED) is 0.360. The summed E-state index contributed by atoms with van der Waals surface area (Å²) in [6.45, 7) is 3.22. The molecule has 31 heavy (non-hydrogen) atoms. The minimum Gasteiger partial charge on any atom is -0.361 e. The third kappa shape index (κ3) is 5.20. The Morgan fingerprint density at radius 2 is 1.58 bits per heavy atom. The third-order valence-electron chi connectivity index (χ3n) is 4.64. The molecule has 0 spiro atoms. The second-order valence-corrected chi connectivity index (χ2v) is 7.62. The number of aromatic nitrogens is 2. The molecule has 0 aliphatic rings. The van der Waals surface area contributed by atoms with Gasteiger partial charge in [0.1, 0.15) is 5.76 Å². The van der Waals surface area contributed by atoms with Crippen LogP contribution in [-0.2, 0) is 25.4 Å². The van der Waals surface area contributed by atoms with Gasteiger partial charge in [0.05, 0.1) is 29.1 Å². The average Bonchev–Trinajstić information content (AvgIpc) is 2.98. The van der Waals surface area contributed by atoms with Crippen LogP contribution in [0.2, 0.25) is 0 Å². The number of halogens is 7. The van der Waals surface area contributed by atoms with Gasteiger partial charge in [-0.1, -0.05) is 11.2 Å². The summed E-state index contributed by atoms with van der Waals surface area (Å²) in [4.78, 5) is 5.52. The molecule has 1 aromatic carbocycles. The van der Waals surface area contributed by atoms with E-state index in [1.807, 2.05) is 0 Å². The van der Waals surface area contributed by atoms with Crippen molar-refractivity contribution in [2.24, 2.45) is 0 Å². The first kappa shape index (κ1) is 23.1. The van der Waals surface area contributed by atoms with Crippen molar-refractivity contribution in [2.45, 2.75) is 39.3 Å². The largest absolute Gasteiger partial charge is 0.417 e. The molecule has 166 valence electrons. The number of rotatable bonds is 5. The van der Waals surface area contributed by atoms with Gasteiger partial charge in [-0.25, -0.2) is 0 Å². The highest BCUT2D eigenvalue weighted by Crippen LogP contribution is 2.45. The number of alkyl halides is 6. The Morgan fingerprint density at radius 3 is 2.03 bits per heavy atom. The smallest absolute Gasteiger partial charge is 0.361 e. The Hall–Kier alpha value is -2.56. The van der Waals surface area contributed by atoms with Crippen molar-refractivity contribution < 1.29 is 30.9 Å². The fourth-order valence-corrected chi connectivity index (χ4v) is 3.73. The van der Waals surface area contributed by atoms with Crippen molar-refractivity contribution in [1.82, 2.24) is 10.1 Å². The Labute approximate surface area is 182 Å². The maximum absolute atomic E-state index is 13.5. The molecule has 0 fully saturated rings. The highest BCUT2D eigenvalue weighted by atomic mass is 79.9. The van der Waals surface area contributed by atoms with Crippen LogP contribution in [0.1, 0.15) is 33.8 Å². The number of hydrogen-bond acceptors (Lipinski definition) is 4. The molecule has 0 radical (unpaired) electrons. The lowest BCUT2D eigenvalue weighted by molar-refractivity contribution is -0.144. The van der Waals surface area contributed by atoms with Crippen LogP contribution >= 0.6 is 15.9 Å². The second kappa shape index (κ2) is 8.52. The van der Waals surface area contributed by atoms with E-state index in [0.29, 0.717) is 34.8 Å². The van der Waals surface area contributed by atoms with Gasteiger partial charge in [-0.2, -0.15) is 26.3 Å². The van der Waals surface area contributed by atoms with Crippen LogP contribution in [0, 0.1) is 13.8 Å². The summed E-state index contributed by atoms with van der Waals surface area (Å²) in [5, 5.41) is 3.81. The average molecular weight is 508 g/mol. The van der Waals surface area contributed by atoms with Crippen LogP contribution in [0.25, 0.3) is 0 Å². The number of nitrogens with zero attached hydrogens (tertiary/aromatic N) is 3. The van der Waals surface area contributed by atoms with Gasteiger partial charge in [0.15, 0.2) is 0 Å². The molecule has 3 rings (SSSR count). The van der Waals surface area contributed by atoms with E-state index in [9.17, 15) is 26.3 Å². The lowest BCUT2D eigenvalue weighted by Crippen LogP contribution is -2.25. The van der Waals surface area contributed by atoms with E-state index in [4.69, 9.17) is 4.52 Å². The number of hydrogen-bond donors (Lipinski definition) is 0. The standard InChI is InChI=1S/C20H16BrF6N3O/c1-11-15(12(2)31-29-11)10-30(9-13-5-3-4-6-28-13)14-7-16(19(22,23)24)18(21)17(8-14)20(25,26)27/h3-8H,9-10H2,1-2H3. The summed E-state index contributed by atoms with van der Waals surface area (Å²) < 4.78 is 85.3. The van der Waals surface area contributed by atoms with Crippen LogP contribution in [0.4, 0.5) is 32.0 Å². The fourth-order valence-electron chi connectivity index (χ4n) is 3.05. The van der Waals surface area contributed by atoms with Gasteiger partial charge in [-0.3, -0.25) is 4.98 Å². The Kier molecular flexibility index (Phi) is 6.35. The molecule has 2 heterocycles. The zero-order chi connectivity index (χ0) is 23.0. The molecule has 0 saturated carbocycles. The van der Waals surface area contributed by atoms with E-state index in [-0.39, 0.29) is 18.8 Å². The van der Waals surface area contributed by atoms with Gasteiger partial charge < -0.3 is 9.42 Å². The minimum atomic E-state index is -4.99. The van der Waals surface area contributed by atoms with Crippen LogP contribution in [0.5, 0.6) is 0 Å². The van der Waals surface area contributed by atoms with E-state index in [1.54, 1.807) is 32.0 Å². The van der Waals surface area contributed by atoms with Gasteiger partial charge in [0, 0.05) is 28.5 Å². The molecule has 0 atom stereocenters. The van der Waals surface area contributed by atoms with Crippen LogP contribution in [0.15, 0.2) is 45.5 Å². The van der Waals surface area contributed by atoms with Crippen molar-refractivity contribution in [3.8, 4) is 0 Å². The van der Waals surface area contributed by atoms with E-state index in [1.165, 1.54) is 11.1 Å². The molecule has 0 bridgehead atoms. The highest BCUT2D eigenvalue weighted by molar-refractivity contribution is 9.10. The summed E-state index contributed by atoms with van der Waals surface area (Å²) >= 11 is 2.49. The Morgan fingerprint density at radius 1 is 0.968 bits per heavy atom. The fraction of sp³-hybridized carbons (Fsp3) is 0.300. The van der Waals surface area contributed by atoms with Gasteiger partial charge in [0.25, 0.3) is 0 Å². The first-order valence-electron chi connectivity index (χ1n) is 8.92. The summed E-state index contributed by atoms with van der Waals surface area (Å²) in [5.74, 6) is 0.424. The normalized spacial score (nSPS) is 12.3. The Bertz CT molecular complexity index is 1010. The number of aryl methyl sites for hydroxylation is 2. The van der Waals surface area contributed by atoms with Gasteiger partial charge in [0.2, 0.25) is 0 Å². The molecule has 0 amide bonds. The molecule has 3 aromatic rings. The predicted octanol–water partition coefficient (Wildman–Crippen LogP) is 6.69. The number of pyridine rings is 1. The van der Waals surface area contributed by atoms with E-state index in [0.717, 1.165) is 0 Å². The van der Waals surface area contributed by atoms with E-state index in [2.05, 4.69) is 26.1 Å². The molecule has 0 unspecified atom stereocenters. The monoisotopic (exact) mass is 507 g/mol. The minimum absolute atomic E-state index is 0.0199. The molecule has 0 saturated heterocycles. The molecule has 0 N–H and O–H groups in total. The SMILES string of the molecule is Cc1noc(C)c1CN(Cc1ccccn1)c1cc(C(F)(F)F)c(Br)c(C(F)(F)F)c1. The topological polar surface area (TPSA) is 42.2 Å². The first-order chi connectivity index (χ1) is 14.4. The van der Waals surface area contributed by atoms with Crippen LogP contribution in [-0.4, -0.2) is 10.1 Å². The molecule has 4 nitrogen and oxygen atoms in total. The third-order valence-corrected chi connectivity index (χ3v) is 5.50. The van der Waals surface area contributed by atoms with Gasteiger partial charge in [-0.15, -0.1) is 0 Å². The first-order valence-corrected chi connectivity index (χ1v) is 9.71. The van der Waals surface area contributed by atoms with Crippen molar-refractivity contribution in [2.75, 3.05) is 4.90 Å². The van der Waals surface area contributed by atoms with Gasteiger partial charge in [-0.05, 0) is 54.0 Å². The van der Waals surface area contributed by atoms with Gasteiger partial charge >= 0.3 is 12.4 Å². The number of anilines is 1. The summed E-state index contributed by atoms with van der Waals surface area (Å²) in [7, 11) is 0. The summed E-state index contributed by atoms with van der Waals surface area (Å²) in [6.07, 6.45) is -8.49.